The minimum absolute atomic E-state index is 0.170. The number of aliphatic hydroxyl groups is 1. The Labute approximate surface area is 115 Å². The lowest BCUT2D eigenvalue weighted by atomic mass is 10.0. The Morgan fingerprint density at radius 1 is 1.47 bits per heavy atom. The molecule has 1 aromatic heterocycles. The fourth-order valence-electron chi connectivity index (χ4n) is 1.52. The van der Waals surface area contributed by atoms with Crippen LogP contribution in [0.3, 0.4) is 0 Å². The molecule has 0 fully saturated rings. The first-order chi connectivity index (χ1) is 8.69. The highest BCUT2D eigenvalue weighted by Crippen LogP contribution is 2.11. The zero-order chi connectivity index (χ0) is 14.6. The maximum atomic E-state index is 11.8. The zero-order valence-electron chi connectivity index (χ0n) is 10.6. The third-order valence-electron chi connectivity index (χ3n) is 2.35. The lowest BCUT2D eigenvalue weighted by molar-refractivity contribution is -0.141. The van der Waals surface area contributed by atoms with E-state index in [0.717, 1.165) is 0 Å². The summed E-state index contributed by atoms with van der Waals surface area (Å²) in [6.07, 6.45) is -0.455. The molecule has 1 atom stereocenters. The lowest BCUT2D eigenvalue weighted by Crippen LogP contribution is -2.42. The smallest absolute Gasteiger partial charge is 0.306 e. The maximum absolute atomic E-state index is 11.8. The van der Waals surface area contributed by atoms with Gasteiger partial charge in [0.15, 0.2) is 0 Å². The van der Waals surface area contributed by atoms with Crippen LogP contribution in [-0.2, 0) is 4.79 Å². The second-order valence-corrected chi connectivity index (χ2v) is 4.96. The third kappa shape index (κ3) is 5.23. The molecule has 6 nitrogen and oxygen atoms in total. The van der Waals surface area contributed by atoms with E-state index in [1.165, 1.54) is 13.0 Å². The number of nitrogens with one attached hydrogen (secondary N) is 1. The molecule has 7 heteroatoms. The number of rotatable bonds is 5. The number of carboxylic acid groups (broad SMARTS) is 1. The SMILES string of the molecule is Cc1cc(C(=O)NCC(C)(O)CC(=O)O)cc(Cl)n1. The van der Waals surface area contributed by atoms with Gasteiger partial charge in [0.1, 0.15) is 5.15 Å². The third-order valence-corrected chi connectivity index (χ3v) is 2.54. The van der Waals surface area contributed by atoms with Crippen molar-refractivity contribution < 1.29 is 19.8 Å². The van der Waals surface area contributed by atoms with Crippen LogP contribution in [0.5, 0.6) is 0 Å². The van der Waals surface area contributed by atoms with Gasteiger partial charge < -0.3 is 15.5 Å². The van der Waals surface area contributed by atoms with E-state index in [2.05, 4.69) is 10.3 Å². The Balaban J connectivity index is 2.67. The Bertz CT molecular complexity index is 482. The Kier molecular flexibility index (Phi) is 4.85. The van der Waals surface area contributed by atoms with Gasteiger partial charge in [-0.05, 0) is 26.0 Å². The molecule has 0 bridgehead atoms. The second kappa shape index (κ2) is 5.99. The standard InChI is InChI=1S/C12H15ClN2O4/c1-7-3-8(4-9(13)15-7)11(18)14-6-12(2,19)5-10(16)17/h3-4,19H,5-6H2,1-2H3,(H,14,18)(H,16,17). The summed E-state index contributed by atoms with van der Waals surface area (Å²) < 4.78 is 0. The molecule has 3 N–H and O–H groups in total. The summed E-state index contributed by atoms with van der Waals surface area (Å²) >= 11 is 5.73. The number of hydrogen-bond donors (Lipinski definition) is 3. The number of aliphatic carboxylic acids is 1. The molecule has 19 heavy (non-hydrogen) atoms. The molecular weight excluding hydrogens is 272 g/mol. The molecule has 0 saturated carbocycles. The highest BCUT2D eigenvalue weighted by molar-refractivity contribution is 6.29. The van der Waals surface area contributed by atoms with E-state index in [9.17, 15) is 14.7 Å². The highest BCUT2D eigenvalue weighted by Gasteiger charge is 2.25. The maximum Gasteiger partial charge on any atom is 0.306 e. The molecule has 1 aromatic rings. The van der Waals surface area contributed by atoms with E-state index >= 15 is 0 Å². The van der Waals surface area contributed by atoms with Gasteiger partial charge in [-0.2, -0.15) is 0 Å². The number of amides is 1. The average molecular weight is 287 g/mol. The Hall–Kier alpha value is -1.66. The summed E-state index contributed by atoms with van der Waals surface area (Å²) in [6, 6.07) is 2.95. The number of carboxylic acids is 1. The van der Waals surface area contributed by atoms with Gasteiger partial charge in [-0.25, -0.2) is 4.98 Å². The van der Waals surface area contributed by atoms with Gasteiger partial charge in [-0.1, -0.05) is 11.6 Å². The molecule has 0 aliphatic carbocycles. The van der Waals surface area contributed by atoms with Crippen LogP contribution in [0.2, 0.25) is 5.15 Å². The van der Waals surface area contributed by atoms with Crippen LogP contribution in [0.25, 0.3) is 0 Å². The number of hydrogen-bond acceptors (Lipinski definition) is 4. The minimum Gasteiger partial charge on any atom is -0.481 e. The number of halogens is 1. The number of nitrogens with zero attached hydrogens (tertiary/aromatic N) is 1. The molecule has 1 unspecified atom stereocenters. The first kappa shape index (κ1) is 15.4. The summed E-state index contributed by atoms with van der Waals surface area (Å²) in [7, 11) is 0. The van der Waals surface area contributed by atoms with E-state index in [4.69, 9.17) is 16.7 Å². The van der Waals surface area contributed by atoms with Crippen molar-refractivity contribution in [2.45, 2.75) is 25.9 Å². The fraction of sp³-hybridized carbons (Fsp3) is 0.417. The lowest BCUT2D eigenvalue weighted by Gasteiger charge is -2.21. The molecule has 1 heterocycles. The zero-order valence-corrected chi connectivity index (χ0v) is 11.4. The number of aryl methyl sites for hydroxylation is 1. The minimum atomic E-state index is -1.51. The van der Waals surface area contributed by atoms with Crippen molar-refractivity contribution in [1.29, 1.82) is 0 Å². The quantitative estimate of drug-likeness (QED) is 0.701. The molecule has 1 amide bonds. The molecule has 0 aliphatic rings. The van der Waals surface area contributed by atoms with Gasteiger partial charge in [-0.15, -0.1) is 0 Å². The predicted molar refractivity (Wildman–Crippen MR) is 69.2 cm³/mol. The van der Waals surface area contributed by atoms with Gasteiger partial charge in [0, 0.05) is 17.8 Å². The van der Waals surface area contributed by atoms with Crippen LogP contribution in [-0.4, -0.2) is 39.2 Å². The summed E-state index contributed by atoms with van der Waals surface area (Å²) in [6.45, 7) is 2.87. The van der Waals surface area contributed by atoms with E-state index < -0.39 is 23.9 Å². The van der Waals surface area contributed by atoms with Gasteiger partial charge >= 0.3 is 5.97 Å². The monoisotopic (exact) mass is 286 g/mol. The summed E-state index contributed by atoms with van der Waals surface area (Å²) in [5.41, 5.74) is -0.605. The summed E-state index contributed by atoms with van der Waals surface area (Å²) in [5, 5.41) is 21.0. The highest BCUT2D eigenvalue weighted by atomic mass is 35.5. The topological polar surface area (TPSA) is 99.5 Å². The molecule has 104 valence electrons. The number of carbonyl (C=O) groups is 2. The van der Waals surface area contributed by atoms with Crippen LogP contribution in [0.1, 0.15) is 29.4 Å². The first-order valence-electron chi connectivity index (χ1n) is 5.56. The molecule has 0 spiro atoms. The molecule has 0 radical (unpaired) electrons. The van der Waals surface area contributed by atoms with Crippen LogP contribution in [0.15, 0.2) is 12.1 Å². The van der Waals surface area contributed by atoms with Crippen molar-refractivity contribution >= 4 is 23.5 Å². The van der Waals surface area contributed by atoms with Crippen molar-refractivity contribution in [3.63, 3.8) is 0 Å². The van der Waals surface area contributed by atoms with Crippen molar-refractivity contribution in [3.8, 4) is 0 Å². The van der Waals surface area contributed by atoms with Gasteiger partial charge in [0.25, 0.3) is 5.91 Å². The number of carbonyl (C=O) groups excluding carboxylic acids is 1. The van der Waals surface area contributed by atoms with Crippen molar-refractivity contribution in [3.05, 3.63) is 28.5 Å². The molecule has 0 saturated heterocycles. The van der Waals surface area contributed by atoms with E-state index in [1.807, 2.05) is 0 Å². The Morgan fingerprint density at radius 3 is 2.63 bits per heavy atom. The molecular formula is C12H15ClN2O4. The van der Waals surface area contributed by atoms with Crippen LogP contribution in [0.4, 0.5) is 0 Å². The second-order valence-electron chi connectivity index (χ2n) is 4.57. The van der Waals surface area contributed by atoms with Gasteiger partial charge in [0.2, 0.25) is 0 Å². The number of aromatic nitrogens is 1. The molecule has 0 aliphatic heterocycles. The van der Waals surface area contributed by atoms with Crippen molar-refractivity contribution in [1.82, 2.24) is 10.3 Å². The Morgan fingerprint density at radius 2 is 2.11 bits per heavy atom. The fourth-order valence-corrected chi connectivity index (χ4v) is 1.77. The van der Waals surface area contributed by atoms with Crippen molar-refractivity contribution in [2.75, 3.05) is 6.54 Å². The van der Waals surface area contributed by atoms with Crippen LogP contribution < -0.4 is 5.32 Å². The molecule has 0 aromatic carbocycles. The predicted octanol–water partition coefficient (Wildman–Crippen LogP) is 0.999. The normalized spacial score (nSPS) is 13.7. The number of pyridine rings is 1. The van der Waals surface area contributed by atoms with Crippen LogP contribution >= 0.6 is 11.6 Å². The first-order valence-corrected chi connectivity index (χ1v) is 5.94. The average Bonchev–Trinajstić information content (AvgIpc) is 2.22. The van der Waals surface area contributed by atoms with E-state index in [0.29, 0.717) is 11.3 Å². The molecule has 1 rings (SSSR count). The summed E-state index contributed by atoms with van der Waals surface area (Å²) in [4.78, 5) is 26.3. The van der Waals surface area contributed by atoms with Crippen molar-refractivity contribution in [2.24, 2.45) is 0 Å². The van der Waals surface area contributed by atoms with E-state index in [-0.39, 0.29) is 11.7 Å². The largest absolute Gasteiger partial charge is 0.481 e. The van der Waals surface area contributed by atoms with Gasteiger partial charge in [-0.3, -0.25) is 9.59 Å². The van der Waals surface area contributed by atoms with E-state index in [1.54, 1.807) is 13.0 Å². The van der Waals surface area contributed by atoms with Crippen LogP contribution in [0, 0.1) is 6.92 Å². The summed E-state index contributed by atoms with van der Waals surface area (Å²) in [5.74, 6) is -1.58. The van der Waals surface area contributed by atoms with Gasteiger partial charge in [0.05, 0.1) is 12.0 Å².